The average molecular weight is 269 g/mol. The van der Waals surface area contributed by atoms with E-state index in [4.69, 9.17) is 9.26 Å². The molecule has 1 aliphatic heterocycles. The van der Waals surface area contributed by atoms with Crippen molar-refractivity contribution in [3.8, 4) is 0 Å². The summed E-state index contributed by atoms with van der Waals surface area (Å²) in [5.41, 5.74) is 0. The molecule has 0 bridgehead atoms. The van der Waals surface area contributed by atoms with Gasteiger partial charge < -0.3 is 14.4 Å². The number of nitrogens with zero attached hydrogens (tertiary/aromatic N) is 3. The fourth-order valence-electron chi connectivity index (χ4n) is 2.06. The molecule has 0 aliphatic carbocycles. The highest BCUT2D eigenvalue weighted by molar-refractivity contribution is 4.91. The van der Waals surface area contributed by atoms with Gasteiger partial charge >= 0.3 is 0 Å². The van der Waals surface area contributed by atoms with Gasteiger partial charge in [0.1, 0.15) is 6.10 Å². The molecule has 1 aliphatic rings. The van der Waals surface area contributed by atoms with Crippen LogP contribution in [0.1, 0.15) is 45.0 Å². The highest BCUT2D eigenvalue weighted by atomic mass is 16.5. The molecule has 1 N–H and O–H groups in total. The molecule has 0 radical (unpaired) electrons. The zero-order valence-corrected chi connectivity index (χ0v) is 11.9. The molecule has 6 heteroatoms. The lowest BCUT2D eigenvalue weighted by Gasteiger charge is -2.11. The van der Waals surface area contributed by atoms with Crippen molar-refractivity contribution in [2.75, 3.05) is 19.7 Å². The van der Waals surface area contributed by atoms with Crippen LogP contribution in [0.5, 0.6) is 0 Å². The Bertz CT molecular complexity index is 394. The first kappa shape index (κ1) is 14.4. The van der Waals surface area contributed by atoms with Gasteiger partial charge in [-0.2, -0.15) is 4.98 Å². The van der Waals surface area contributed by atoms with Crippen LogP contribution in [-0.2, 0) is 11.3 Å². The molecule has 1 fully saturated rings. The van der Waals surface area contributed by atoms with Crippen LogP contribution in [0, 0.1) is 5.92 Å². The van der Waals surface area contributed by atoms with Crippen LogP contribution in [0.4, 0.5) is 0 Å². The summed E-state index contributed by atoms with van der Waals surface area (Å²) in [4.78, 5) is 6.46. The first-order valence-electron chi connectivity index (χ1n) is 6.89. The summed E-state index contributed by atoms with van der Waals surface area (Å²) in [6.45, 7) is 8.97. The summed E-state index contributed by atoms with van der Waals surface area (Å²) < 4.78 is 10.9. The van der Waals surface area contributed by atoms with Crippen LogP contribution in [-0.4, -0.2) is 45.9 Å². The third-order valence-electron chi connectivity index (χ3n) is 3.13. The molecule has 1 unspecified atom stereocenters. The third kappa shape index (κ3) is 4.26. The smallest absolute Gasteiger partial charge is 0.240 e. The van der Waals surface area contributed by atoms with E-state index in [1.807, 2.05) is 6.92 Å². The van der Waals surface area contributed by atoms with Crippen molar-refractivity contribution >= 4 is 0 Å². The van der Waals surface area contributed by atoms with Gasteiger partial charge in [0.15, 0.2) is 5.82 Å². The standard InChI is InChI=1S/C13H23N3O3/c1-9(2)8-18-10(3)13-14-12(19-15-13)7-16-5-4-11(17)6-16/h9-11,17H,4-8H2,1-3H3/t10?,11-/m0/s1. The van der Waals surface area contributed by atoms with E-state index in [2.05, 4.69) is 28.9 Å². The second kappa shape index (κ2) is 6.45. The lowest BCUT2D eigenvalue weighted by Crippen LogP contribution is -2.21. The van der Waals surface area contributed by atoms with E-state index in [1.165, 1.54) is 0 Å². The first-order valence-corrected chi connectivity index (χ1v) is 6.89. The highest BCUT2D eigenvalue weighted by Crippen LogP contribution is 2.16. The molecule has 0 aromatic carbocycles. The van der Waals surface area contributed by atoms with Crippen molar-refractivity contribution in [3.05, 3.63) is 11.7 Å². The maximum absolute atomic E-state index is 9.46. The molecule has 0 amide bonds. The van der Waals surface area contributed by atoms with Crippen LogP contribution < -0.4 is 0 Å². The quantitative estimate of drug-likeness (QED) is 0.841. The fourth-order valence-corrected chi connectivity index (χ4v) is 2.06. The van der Waals surface area contributed by atoms with Crippen molar-refractivity contribution in [1.29, 1.82) is 0 Å². The molecule has 2 atom stereocenters. The molecule has 6 nitrogen and oxygen atoms in total. The van der Waals surface area contributed by atoms with Gasteiger partial charge in [-0.1, -0.05) is 19.0 Å². The summed E-state index contributed by atoms with van der Waals surface area (Å²) in [6, 6.07) is 0. The number of hydrogen-bond donors (Lipinski definition) is 1. The Balaban J connectivity index is 1.84. The van der Waals surface area contributed by atoms with Crippen LogP contribution in [0.2, 0.25) is 0 Å². The largest absolute Gasteiger partial charge is 0.392 e. The number of ether oxygens (including phenoxy) is 1. The zero-order valence-electron chi connectivity index (χ0n) is 11.9. The molecular formula is C13H23N3O3. The molecule has 2 rings (SSSR count). The van der Waals surface area contributed by atoms with Crippen LogP contribution in [0.15, 0.2) is 4.52 Å². The number of likely N-dealkylation sites (tertiary alicyclic amines) is 1. The van der Waals surface area contributed by atoms with E-state index in [0.29, 0.717) is 37.3 Å². The highest BCUT2D eigenvalue weighted by Gasteiger charge is 2.23. The average Bonchev–Trinajstić information content (AvgIpc) is 2.96. The van der Waals surface area contributed by atoms with Crippen molar-refractivity contribution in [3.63, 3.8) is 0 Å². The van der Waals surface area contributed by atoms with Crippen molar-refractivity contribution in [2.24, 2.45) is 5.92 Å². The third-order valence-corrected chi connectivity index (χ3v) is 3.13. The second-order valence-electron chi connectivity index (χ2n) is 5.59. The minimum atomic E-state index is -0.226. The van der Waals surface area contributed by atoms with E-state index in [9.17, 15) is 5.11 Å². The Kier molecular flexibility index (Phi) is 4.90. The Hall–Kier alpha value is -0.980. The molecule has 0 saturated carbocycles. The number of hydrogen-bond acceptors (Lipinski definition) is 6. The molecule has 2 heterocycles. The summed E-state index contributed by atoms with van der Waals surface area (Å²) in [5.74, 6) is 1.67. The van der Waals surface area contributed by atoms with Gasteiger partial charge in [-0.3, -0.25) is 4.90 Å². The molecule has 0 spiro atoms. The van der Waals surface area contributed by atoms with E-state index < -0.39 is 0 Å². The Morgan fingerprint density at radius 1 is 1.47 bits per heavy atom. The van der Waals surface area contributed by atoms with E-state index in [0.717, 1.165) is 13.0 Å². The molecule has 108 valence electrons. The first-order chi connectivity index (χ1) is 9.04. The van der Waals surface area contributed by atoms with Gasteiger partial charge in [-0.05, 0) is 19.3 Å². The second-order valence-corrected chi connectivity index (χ2v) is 5.59. The SMILES string of the molecule is CC(C)COC(C)c1noc(CN2CC[C@H](O)C2)n1. The summed E-state index contributed by atoms with van der Waals surface area (Å²) in [7, 11) is 0. The van der Waals surface area contributed by atoms with E-state index in [-0.39, 0.29) is 12.2 Å². The van der Waals surface area contributed by atoms with Gasteiger partial charge in [0.25, 0.3) is 0 Å². The lowest BCUT2D eigenvalue weighted by atomic mass is 10.2. The monoisotopic (exact) mass is 269 g/mol. The minimum absolute atomic E-state index is 0.149. The predicted octanol–water partition coefficient (Wildman–Crippen LogP) is 1.37. The molecule has 19 heavy (non-hydrogen) atoms. The summed E-state index contributed by atoms with van der Waals surface area (Å²) in [6.07, 6.45) is 0.439. The maximum atomic E-state index is 9.46. The molecule has 1 saturated heterocycles. The van der Waals surface area contributed by atoms with Crippen molar-refractivity contribution in [2.45, 2.75) is 45.9 Å². The summed E-state index contributed by atoms with van der Waals surface area (Å²) >= 11 is 0. The van der Waals surface area contributed by atoms with E-state index in [1.54, 1.807) is 0 Å². The minimum Gasteiger partial charge on any atom is -0.392 e. The molecule has 1 aromatic rings. The van der Waals surface area contributed by atoms with Crippen molar-refractivity contribution in [1.82, 2.24) is 15.0 Å². The number of aliphatic hydroxyl groups excluding tert-OH is 1. The fraction of sp³-hybridized carbons (Fsp3) is 0.846. The maximum Gasteiger partial charge on any atom is 0.240 e. The number of aromatic nitrogens is 2. The number of β-amino-alcohol motifs (C(OH)–C–C–N with tert-alkyl or cyclic N) is 1. The predicted molar refractivity (Wildman–Crippen MR) is 69.4 cm³/mol. The molecular weight excluding hydrogens is 246 g/mol. The van der Waals surface area contributed by atoms with Gasteiger partial charge in [-0.25, -0.2) is 0 Å². The van der Waals surface area contributed by atoms with Crippen LogP contribution in [0.25, 0.3) is 0 Å². The number of rotatable bonds is 6. The van der Waals surface area contributed by atoms with Gasteiger partial charge in [0.05, 0.1) is 12.6 Å². The lowest BCUT2D eigenvalue weighted by molar-refractivity contribution is 0.0402. The summed E-state index contributed by atoms with van der Waals surface area (Å²) in [5, 5.41) is 13.4. The van der Waals surface area contributed by atoms with Gasteiger partial charge in [0.2, 0.25) is 5.89 Å². The van der Waals surface area contributed by atoms with E-state index >= 15 is 0 Å². The Labute approximate surface area is 113 Å². The molecule has 1 aromatic heterocycles. The topological polar surface area (TPSA) is 71.6 Å². The van der Waals surface area contributed by atoms with Crippen LogP contribution in [0.3, 0.4) is 0 Å². The van der Waals surface area contributed by atoms with Gasteiger partial charge in [-0.15, -0.1) is 0 Å². The van der Waals surface area contributed by atoms with Crippen molar-refractivity contribution < 1.29 is 14.4 Å². The Morgan fingerprint density at radius 3 is 2.89 bits per heavy atom. The normalized spacial score (nSPS) is 22.3. The van der Waals surface area contributed by atoms with Gasteiger partial charge in [0, 0.05) is 19.7 Å². The Morgan fingerprint density at radius 2 is 2.26 bits per heavy atom. The zero-order chi connectivity index (χ0) is 13.8. The van der Waals surface area contributed by atoms with Crippen LogP contribution >= 0.6 is 0 Å². The number of aliphatic hydroxyl groups is 1.